The van der Waals surface area contributed by atoms with Crippen LogP contribution < -0.4 is 0 Å². The largest absolute Gasteiger partial charge is 0.299 e. The number of tetrazole rings is 1. The second-order valence-corrected chi connectivity index (χ2v) is 5.51. The van der Waals surface area contributed by atoms with Gasteiger partial charge in [0.2, 0.25) is 0 Å². The Morgan fingerprint density at radius 2 is 2.25 bits per heavy atom. The first-order valence-corrected chi connectivity index (χ1v) is 7.33. The van der Waals surface area contributed by atoms with E-state index in [-0.39, 0.29) is 0 Å². The summed E-state index contributed by atoms with van der Waals surface area (Å²) in [5, 5.41) is 11.2. The van der Waals surface area contributed by atoms with Crippen LogP contribution in [0.15, 0.2) is 30.6 Å². The Bertz CT molecular complexity index is 537. The molecule has 0 saturated heterocycles. The number of aryl methyl sites for hydroxylation is 2. The number of hydrogen-bond acceptors (Lipinski definition) is 4. The van der Waals surface area contributed by atoms with Gasteiger partial charge in [-0.25, -0.2) is 4.68 Å². The average molecular weight is 271 g/mol. The van der Waals surface area contributed by atoms with Crippen molar-refractivity contribution in [2.75, 3.05) is 13.6 Å². The molecule has 1 atom stereocenters. The number of hydrogen-bond donors (Lipinski definition) is 0. The molecular weight excluding hydrogens is 250 g/mol. The van der Waals surface area contributed by atoms with Crippen molar-refractivity contribution in [3.63, 3.8) is 0 Å². The summed E-state index contributed by atoms with van der Waals surface area (Å²) in [6.45, 7) is 1.95. The van der Waals surface area contributed by atoms with E-state index in [4.69, 9.17) is 0 Å². The maximum absolute atomic E-state index is 3.90. The Hall–Kier alpha value is -1.75. The Labute approximate surface area is 119 Å². The highest BCUT2D eigenvalue weighted by atomic mass is 15.5. The molecular formula is C15H21N5. The minimum Gasteiger partial charge on any atom is -0.299 e. The monoisotopic (exact) mass is 271 g/mol. The van der Waals surface area contributed by atoms with Crippen LogP contribution in [0.2, 0.25) is 0 Å². The third-order valence-corrected chi connectivity index (χ3v) is 4.16. The fourth-order valence-corrected chi connectivity index (χ4v) is 3.11. The Morgan fingerprint density at radius 1 is 1.35 bits per heavy atom. The molecule has 3 rings (SSSR count). The molecule has 5 nitrogen and oxygen atoms in total. The van der Waals surface area contributed by atoms with Gasteiger partial charge in [0.15, 0.2) is 0 Å². The first-order valence-electron chi connectivity index (χ1n) is 7.33. The zero-order valence-corrected chi connectivity index (χ0v) is 11.9. The predicted molar refractivity (Wildman–Crippen MR) is 77.2 cm³/mol. The number of aromatic nitrogens is 4. The van der Waals surface area contributed by atoms with E-state index in [1.807, 2.05) is 0 Å². The van der Waals surface area contributed by atoms with Crippen molar-refractivity contribution < 1.29 is 0 Å². The molecule has 0 fully saturated rings. The van der Waals surface area contributed by atoms with E-state index >= 15 is 0 Å². The molecule has 0 N–H and O–H groups in total. The van der Waals surface area contributed by atoms with Crippen LogP contribution in [0.1, 0.15) is 36.4 Å². The van der Waals surface area contributed by atoms with Crippen molar-refractivity contribution in [3.8, 4) is 0 Å². The Morgan fingerprint density at radius 3 is 3.10 bits per heavy atom. The summed E-state index contributed by atoms with van der Waals surface area (Å²) in [7, 11) is 2.23. The van der Waals surface area contributed by atoms with Crippen LogP contribution in [0.3, 0.4) is 0 Å². The van der Waals surface area contributed by atoms with E-state index < -0.39 is 0 Å². The summed E-state index contributed by atoms with van der Waals surface area (Å²) in [5.41, 5.74) is 3.04. The first kappa shape index (κ1) is 13.2. The van der Waals surface area contributed by atoms with E-state index in [0.717, 1.165) is 19.5 Å². The zero-order chi connectivity index (χ0) is 13.8. The minimum absolute atomic E-state index is 0.564. The molecule has 0 saturated carbocycles. The summed E-state index contributed by atoms with van der Waals surface area (Å²) in [4.78, 5) is 2.47. The summed E-state index contributed by atoms with van der Waals surface area (Å²) in [5.74, 6) is 0. The maximum Gasteiger partial charge on any atom is 0.138 e. The maximum atomic E-state index is 3.90. The number of rotatable bonds is 5. The van der Waals surface area contributed by atoms with Gasteiger partial charge in [0.05, 0.1) is 0 Å². The molecule has 0 aliphatic heterocycles. The minimum atomic E-state index is 0.564. The lowest BCUT2D eigenvalue weighted by Gasteiger charge is -2.33. The number of nitrogens with zero attached hydrogens (tertiary/aromatic N) is 5. The lowest BCUT2D eigenvalue weighted by molar-refractivity contribution is 0.214. The SMILES string of the molecule is CN(CCCn1cnnn1)[C@H]1CCCc2ccccc21. The van der Waals surface area contributed by atoms with Gasteiger partial charge in [-0.2, -0.15) is 0 Å². The normalized spacial score (nSPS) is 18.2. The first-order chi connectivity index (χ1) is 9.84. The summed E-state index contributed by atoms with van der Waals surface area (Å²) >= 11 is 0. The van der Waals surface area contributed by atoms with Crippen molar-refractivity contribution >= 4 is 0 Å². The van der Waals surface area contributed by atoms with Crippen LogP contribution in [0, 0.1) is 0 Å². The van der Waals surface area contributed by atoms with E-state index in [1.165, 1.54) is 30.4 Å². The molecule has 0 unspecified atom stereocenters. The molecule has 20 heavy (non-hydrogen) atoms. The quantitative estimate of drug-likeness (QED) is 0.835. The molecule has 0 radical (unpaired) electrons. The van der Waals surface area contributed by atoms with E-state index in [2.05, 4.69) is 51.7 Å². The Kier molecular flexibility index (Phi) is 4.06. The van der Waals surface area contributed by atoms with Crippen molar-refractivity contribution in [1.29, 1.82) is 0 Å². The van der Waals surface area contributed by atoms with E-state index in [9.17, 15) is 0 Å². The molecule has 2 aromatic rings. The highest BCUT2D eigenvalue weighted by Gasteiger charge is 2.22. The van der Waals surface area contributed by atoms with Gasteiger partial charge in [-0.05, 0) is 54.3 Å². The van der Waals surface area contributed by atoms with Gasteiger partial charge in [0.25, 0.3) is 0 Å². The smallest absolute Gasteiger partial charge is 0.138 e. The molecule has 0 spiro atoms. The van der Waals surface area contributed by atoms with Crippen molar-refractivity contribution in [2.45, 2.75) is 38.3 Å². The molecule has 1 aromatic carbocycles. The summed E-state index contributed by atoms with van der Waals surface area (Å²) in [6.07, 6.45) is 6.53. The summed E-state index contributed by atoms with van der Waals surface area (Å²) < 4.78 is 1.79. The standard InChI is InChI=1S/C15H21N5/c1-19(10-5-11-20-12-16-17-18-20)15-9-4-7-13-6-2-3-8-14(13)15/h2-3,6,8,12,15H,4-5,7,9-11H2,1H3/t15-/m0/s1. The molecule has 1 aliphatic rings. The van der Waals surface area contributed by atoms with E-state index in [1.54, 1.807) is 11.0 Å². The highest BCUT2D eigenvalue weighted by molar-refractivity contribution is 5.32. The van der Waals surface area contributed by atoms with Gasteiger partial charge in [-0.1, -0.05) is 24.3 Å². The number of benzene rings is 1. The molecule has 1 heterocycles. The second-order valence-electron chi connectivity index (χ2n) is 5.51. The van der Waals surface area contributed by atoms with Gasteiger partial charge in [-0.15, -0.1) is 5.10 Å². The third-order valence-electron chi connectivity index (χ3n) is 4.16. The summed E-state index contributed by atoms with van der Waals surface area (Å²) in [6, 6.07) is 9.44. The molecule has 0 bridgehead atoms. The van der Waals surface area contributed by atoms with Gasteiger partial charge in [0, 0.05) is 19.1 Å². The van der Waals surface area contributed by atoms with Crippen molar-refractivity contribution in [1.82, 2.24) is 25.1 Å². The molecule has 1 aliphatic carbocycles. The highest BCUT2D eigenvalue weighted by Crippen LogP contribution is 2.33. The van der Waals surface area contributed by atoms with Crippen LogP contribution in [0.5, 0.6) is 0 Å². The third kappa shape index (κ3) is 2.88. The van der Waals surface area contributed by atoms with Crippen molar-refractivity contribution in [2.24, 2.45) is 0 Å². The van der Waals surface area contributed by atoms with Crippen molar-refractivity contribution in [3.05, 3.63) is 41.7 Å². The van der Waals surface area contributed by atoms with Crippen LogP contribution in [0.25, 0.3) is 0 Å². The van der Waals surface area contributed by atoms with Gasteiger partial charge in [-0.3, -0.25) is 4.90 Å². The lowest BCUT2D eigenvalue weighted by atomic mass is 9.87. The van der Waals surface area contributed by atoms with Crippen LogP contribution in [-0.4, -0.2) is 38.7 Å². The fourth-order valence-electron chi connectivity index (χ4n) is 3.11. The molecule has 5 heteroatoms. The Balaban J connectivity index is 1.59. The van der Waals surface area contributed by atoms with Crippen LogP contribution in [0.4, 0.5) is 0 Å². The van der Waals surface area contributed by atoms with Crippen LogP contribution in [-0.2, 0) is 13.0 Å². The topological polar surface area (TPSA) is 46.8 Å². The van der Waals surface area contributed by atoms with Gasteiger partial charge < -0.3 is 0 Å². The number of fused-ring (bicyclic) bond motifs is 1. The second kappa shape index (κ2) is 6.13. The predicted octanol–water partition coefficient (Wildman–Crippen LogP) is 2.07. The lowest BCUT2D eigenvalue weighted by Crippen LogP contribution is -2.29. The average Bonchev–Trinajstić information content (AvgIpc) is 3.00. The fraction of sp³-hybridized carbons (Fsp3) is 0.533. The van der Waals surface area contributed by atoms with Crippen LogP contribution >= 0.6 is 0 Å². The molecule has 106 valence electrons. The molecule has 1 aromatic heterocycles. The zero-order valence-electron chi connectivity index (χ0n) is 11.9. The van der Waals surface area contributed by atoms with Gasteiger partial charge in [0.1, 0.15) is 6.33 Å². The van der Waals surface area contributed by atoms with E-state index in [0.29, 0.717) is 6.04 Å². The van der Waals surface area contributed by atoms with Gasteiger partial charge >= 0.3 is 0 Å². The molecule has 0 amide bonds.